The number of aryl methyl sites for hydroxylation is 2. The Hall–Kier alpha value is -0.930. The number of hydrogen-bond acceptors (Lipinski definition) is 2. The second-order valence-electron chi connectivity index (χ2n) is 3.82. The average Bonchev–Trinajstić information content (AvgIpc) is 2.20. The number of rotatable bonds is 5. The van der Waals surface area contributed by atoms with Gasteiger partial charge >= 0.3 is 0 Å². The predicted octanol–water partition coefficient (Wildman–Crippen LogP) is 2.04. The lowest BCUT2D eigenvalue weighted by Crippen LogP contribution is -2.26. The lowest BCUT2D eigenvalue weighted by atomic mass is 10.0. The molecule has 0 saturated carbocycles. The molecule has 0 fully saturated rings. The molecule has 1 unspecified atom stereocenters. The molecule has 0 radical (unpaired) electrons. The Bertz CT molecular complexity index is 314. The molecule has 0 saturated heterocycles. The zero-order chi connectivity index (χ0) is 11.3. The number of nitrogens with two attached hydrogens (primary N) is 1. The molecule has 1 atom stereocenters. The Kier molecular flexibility index (Phi) is 4.72. The Labute approximate surface area is 90.2 Å². The van der Waals surface area contributed by atoms with Gasteiger partial charge in [-0.2, -0.15) is 0 Å². The van der Waals surface area contributed by atoms with Crippen LogP contribution in [0.15, 0.2) is 18.2 Å². The molecule has 3 heteroatoms. The predicted molar refractivity (Wildman–Crippen MR) is 59.3 cm³/mol. The minimum absolute atomic E-state index is 0.0256. The van der Waals surface area contributed by atoms with Crippen molar-refractivity contribution in [3.05, 3.63) is 35.1 Å². The summed E-state index contributed by atoms with van der Waals surface area (Å²) in [6, 6.07) is 4.88. The van der Waals surface area contributed by atoms with Gasteiger partial charge in [-0.05, 0) is 43.0 Å². The molecule has 0 spiro atoms. The van der Waals surface area contributed by atoms with Crippen molar-refractivity contribution in [3.8, 4) is 0 Å². The summed E-state index contributed by atoms with van der Waals surface area (Å²) in [5, 5.41) is 0. The van der Waals surface area contributed by atoms with E-state index >= 15 is 0 Å². The molecule has 1 rings (SSSR count). The fourth-order valence-electron chi connectivity index (χ4n) is 1.55. The van der Waals surface area contributed by atoms with Crippen LogP contribution in [-0.4, -0.2) is 19.8 Å². The molecule has 15 heavy (non-hydrogen) atoms. The second kappa shape index (κ2) is 5.83. The van der Waals surface area contributed by atoms with E-state index in [2.05, 4.69) is 0 Å². The summed E-state index contributed by atoms with van der Waals surface area (Å²) < 4.78 is 17.9. The topological polar surface area (TPSA) is 35.2 Å². The van der Waals surface area contributed by atoms with Crippen LogP contribution in [0.1, 0.15) is 17.5 Å². The van der Waals surface area contributed by atoms with Gasteiger partial charge in [0.25, 0.3) is 0 Å². The highest BCUT2D eigenvalue weighted by molar-refractivity contribution is 5.26. The number of ether oxygens (including phenoxy) is 1. The molecular formula is C12H18FNO. The summed E-state index contributed by atoms with van der Waals surface area (Å²) in [7, 11) is 1.63. The van der Waals surface area contributed by atoms with Crippen molar-refractivity contribution in [2.75, 3.05) is 13.7 Å². The largest absolute Gasteiger partial charge is 0.383 e. The van der Waals surface area contributed by atoms with E-state index in [4.69, 9.17) is 10.5 Å². The zero-order valence-corrected chi connectivity index (χ0v) is 9.29. The van der Waals surface area contributed by atoms with Crippen LogP contribution < -0.4 is 5.73 Å². The first-order chi connectivity index (χ1) is 7.13. The molecule has 0 amide bonds. The smallest absolute Gasteiger partial charge is 0.123 e. The van der Waals surface area contributed by atoms with Crippen molar-refractivity contribution in [1.82, 2.24) is 0 Å². The maximum atomic E-state index is 13.0. The van der Waals surface area contributed by atoms with Crippen molar-refractivity contribution in [2.45, 2.75) is 25.8 Å². The van der Waals surface area contributed by atoms with Crippen molar-refractivity contribution < 1.29 is 9.13 Å². The second-order valence-corrected chi connectivity index (χ2v) is 3.82. The monoisotopic (exact) mass is 211 g/mol. The molecule has 0 aliphatic heterocycles. The van der Waals surface area contributed by atoms with Crippen LogP contribution in [0, 0.1) is 12.7 Å². The lowest BCUT2D eigenvalue weighted by molar-refractivity contribution is 0.177. The van der Waals surface area contributed by atoms with E-state index in [1.54, 1.807) is 19.2 Å². The molecule has 1 aromatic carbocycles. The lowest BCUT2D eigenvalue weighted by Gasteiger charge is -2.11. The third kappa shape index (κ3) is 3.98. The minimum atomic E-state index is -0.184. The molecule has 0 aromatic heterocycles. The highest BCUT2D eigenvalue weighted by atomic mass is 19.1. The molecule has 84 valence electrons. The van der Waals surface area contributed by atoms with Gasteiger partial charge in [0.05, 0.1) is 6.61 Å². The van der Waals surface area contributed by atoms with E-state index in [9.17, 15) is 4.39 Å². The molecule has 0 bridgehead atoms. The summed E-state index contributed by atoms with van der Waals surface area (Å²) in [4.78, 5) is 0. The van der Waals surface area contributed by atoms with Gasteiger partial charge in [-0.1, -0.05) is 6.07 Å². The molecule has 0 heterocycles. The van der Waals surface area contributed by atoms with Crippen LogP contribution in [0.5, 0.6) is 0 Å². The van der Waals surface area contributed by atoms with Crippen LogP contribution >= 0.6 is 0 Å². The SMILES string of the molecule is COCC(N)CCc1cc(F)ccc1C. The van der Waals surface area contributed by atoms with Gasteiger partial charge in [0.2, 0.25) is 0 Å². The Morgan fingerprint density at radius 3 is 2.87 bits per heavy atom. The summed E-state index contributed by atoms with van der Waals surface area (Å²) in [6.07, 6.45) is 1.62. The van der Waals surface area contributed by atoms with Crippen LogP contribution in [-0.2, 0) is 11.2 Å². The van der Waals surface area contributed by atoms with E-state index in [0.717, 1.165) is 24.0 Å². The zero-order valence-electron chi connectivity index (χ0n) is 9.29. The van der Waals surface area contributed by atoms with Gasteiger partial charge in [-0.3, -0.25) is 0 Å². The van der Waals surface area contributed by atoms with Crippen molar-refractivity contribution in [1.29, 1.82) is 0 Å². The van der Waals surface area contributed by atoms with E-state index in [1.165, 1.54) is 6.07 Å². The highest BCUT2D eigenvalue weighted by Gasteiger charge is 2.05. The highest BCUT2D eigenvalue weighted by Crippen LogP contribution is 2.12. The normalized spacial score (nSPS) is 12.8. The summed E-state index contributed by atoms with van der Waals surface area (Å²) >= 11 is 0. The Morgan fingerprint density at radius 1 is 1.47 bits per heavy atom. The quantitative estimate of drug-likeness (QED) is 0.809. The number of halogens is 1. The molecule has 0 aliphatic rings. The first-order valence-corrected chi connectivity index (χ1v) is 5.13. The van der Waals surface area contributed by atoms with Crippen LogP contribution in [0.3, 0.4) is 0 Å². The maximum absolute atomic E-state index is 13.0. The molecule has 2 nitrogen and oxygen atoms in total. The maximum Gasteiger partial charge on any atom is 0.123 e. The molecule has 0 aliphatic carbocycles. The molecule has 1 aromatic rings. The Balaban J connectivity index is 2.53. The molecular weight excluding hydrogens is 193 g/mol. The van der Waals surface area contributed by atoms with Gasteiger partial charge in [-0.25, -0.2) is 4.39 Å². The summed E-state index contributed by atoms with van der Waals surface area (Å²) in [5.41, 5.74) is 7.94. The fraction of sp³-hybridized carbons (Fsp3) is 0.500. The van der Waals surface area contributed by atoms with Crippen LogP contribution in [0.25, 0.3) is 0 Å². The number of benzene rings is 1. The molecule has 2 N–H and O–H groups in total. The van der Waals surface area contributed by atoms with E-state index in [0.29, 0.717) is 6.61 Å². The van der Waals surface area contributed by atoms with Gasteiger partial charge < -0.3 is 10.5 Å². The minimum Gasteiger partial charge on any atom is -0.383 e. The fourth-order valence-corrected chi connectivity index (χ4v) is 1.55. The number of methoxy groups -OCH3 is 1. The van der Waals surface area contributed by atoms with Gasteiger partial charge in [0.1, 0.15) is 5.82 Å². The first kappa shape index (κ1) is 12.1. The van der Waals surface area contributed by atoms with Gasteiger partial charge in [-0.15, -0.1) is 0 Å². The van der Waals surface area contributed by atoms with E-state index in [1.807, 2.05) is 6.92 Å². The summed E-state index contributed by atoms with van der Waals surface area (Å²) in [5.74, 6) is -0.184. The Morgan fingerprint density at radius 2 is 2.20 bits per heavy atom. The average molecular weight is 211 g/mol. The third-order valence-corrected chi connectivity index (χ3v) is 2.48. The first-order valence-electron chi connectivity index (χ1n) is 5.13. The number of hydrogen-bond donors (Lipinski definition) is 1. The van der Waals surface area contributed by atoms with Crippen molar-refractivity contribution in [3.63, 3.8) is 0 Å². The third-order valence-electron chi connectivity index (χ3n) is 2.48. The van der Waals surface area contributed by atoms with E-state index < -0.39 is 0 Å². The summed E-state index contributed by atoms with van der Waals surface area (Å²) in [6.45, 7) is 2.53. The van der Waals surface area contributed by atoms with E-state index in [-0.39, 0.29) is 11.9 Å². The van der Waals surface area contributed by atoms with Crippen molar-refractivity contribution >= 4 is 0 Å². The van der Waals surface area contributed by atoms with Crippen molar-refractivity contribution in [2.24, 2.45) is 5.73 Å². The standard InChI is InChI=1S/C12H18FNO/c1-9-3-5-11(13)7-10(9)4-6-12(14)8-15-2/h3,5,7,12H,4,6,8,14H2,1-2H3. The van der Waals surface area contributed by atoms with Gasteiger partial charge in [0, 0.05) is 13.2 Å². The van der Waals surface area contributed by atoms with Crippen LogP contribution in [0.4, 0.5) is 4.39 Å². The van der Waals surface area contributed by atoms with Crippen LogP contribution in [0.2, 0.25) is 0 Å². The van der Waals surface area contributed by atoms with Gasteiger partial charge in [0.15, 0.2) is 0 Å².